The van der Waals surface area contributed by atoms with Gasteiger partial charge in [0.15, 0.2) is 0 Å². The summed E-state index contributed by atoms with van der Waals surface area (Å²) >= 11 is 0. The molecule has 4 heteroatoms. The van der Waals surface area contributed by atoms with Gasteiger partial charge in [0.05, 0.1) is 11.1 Å². The maximum atomic E-state index is 10.5. The molecule has 9 aromatic carbocycles. The van der Waals surface area contributed by atoms with Crippen LogP contribution in [-0.2, 0) is 12.8 Å². The van der Waals surface area contributed by atoms with Gasteiger partial charge in [0.2, 0.25) is 0 Å². The number of nitrogens with zero attached hydrogens (tertiary/aromatic N) is 4. The van der Waals surface area contributed by atoms with E-state index in [0.29, 0.717) is 11.1 Å². The van der Waals surface area contributed by atoms with E-state index < -0.39 is 0 Å². The molecule has 0 spiro atoms. The van der Waals surface area contributed by atoms with Gasteiger partial charge in [0.25, 0.3) is 0 Å². The first kappa shape index (κ1) is 40.9. The van der Waals surface area contributed by atoms with E-state index >= 15 is 0 Å². The van der Waals surface area contributed by atoms with Gasteiger partial charge in [-0.2, -0.15) is 10.5 Å². The van der Waals surface area contributed by atoms with Gasteiger partial charge in [0.1, 0.15) is 12.1 Å². The highest BCUT2D eigenvalue weighted by molar-refractivity contribution is 6.10. The quantitative estimate of drug-likeness (QED) is 0.0910. The highest BCUT2D eigenvalue weighted by atomic mass is 15.1. The van der Waals surface area contributed by atoms with E-state index in [4.69, 9.17) is 0 Å². The minimum absolute atomic E-state index is 0.565. The first-order valence-corrected chi connectivity index (χ1v) is 21.8. The summed E-state index contributed by atoms with van der Waals surface area (Å²) in [6.45, 7) is 4.34. The molecule has 0 saturated carbocycles. The fraction of sp³-hybridized carbons (Fsp3) is 0.0667. The molecule has 64 heavy (non-hydrogen) atoms. The summed E-state index contributed by atoms with van der Waals surface area (Å²) in [6, 6.07) is 72.4. The monoisotopic (exact) mass is 822 g/mol. The van der Waals surface area contributed by atoms with E-state index in [1.165, 1.54) is 11.1 Å². The van der Waals surface area contributed by atoms with Crippen LogP contribution in [0, 0.1) is 22.7 Å². The maximum absolute atomic E-state index is 10.5. The number of hydrogen-bond acceptors (Lipinski definition) is 4. The van der Waals surface area contributed by atoms with Crippen LogP contribution < -0.4 is 9.80 Å². The highest BCUT2D eigenvalue weighted by Crippen LogP contribution is 2.38. The van der Waals surface area contributed by atoms with Crippen LogP contribution in [0.5, 0.6) is 0 Å². The van der Waals surface area contributed by atoms with Gasteiger partial charge in [-0.1, -0.05) is 147 Å². The molecule has 0 atom stereocenters. The summed E-state index contributed by atoms with van der Waals surface area (Å²) in [5.74, 6) is 0. The molecule has 0 bridgehead atoms. The van der Waals surface area contributed by atoms with Crippen molar-refractivity contribution in [2.75, 3.05) is 9.80 Å². The second-order valence-electron chi connectivity index (χ2n) is 15.8. The third-order valence-corrected chi connectivity index (χ3v) is 11.9. The largest absolute Gasteiger partial charge is 0.311 e. The fourth-order valence-electron chi connectivity index (χ4n) is 8.38. The number of aryl methyl sites for hydroxylation is 2. The average molecular weight is 823 g/mol. The third-order valence-electron chi connectivity index (χ3n) is 11.9. The molecule has 0 aromatic heterocycles. The SMILES string of the molecule is CCc1ccc(N(c2ccccc2)c2ccc(C=Cc3ccc4c(C#N)c5cc(C=Cc6ccc(N(c7ccccc7)c7ccc(CC)cc7)cc6)ccc5c(C#N)c4c3)cc2)cc1. The minimum atomic E-state index is 0.565. The maximum Gasteiger partial charge on any atom is 0.100 e. The average Bonchev–Trinajstić information content (AvgIpc) is 3.36. The van der Waals surface area contributed by atoms with Crippen molar-refractivity contribution in [3.8, 4) is 12.1 Å². The van der Waals surface area contributed by atoms with Crippen molar-refractivity contribution in [2.45, 2.75) is 26.7 Å². The first-order valence-electron chi connectivity index (χ1n) is 21.8. The Hall–Kier alpha value is -8.44. The molecule has 0 amide bonds. The summed E-state index contributed by atoms with van der Waals surface area (Å²) in [5.41, 5.74) is 14.3. The number of benzene rings is 9. The van der Waals surface area contributed by atoms with Gasteiger partial charge in [-0.15, -0.1) is 0 Å². The first-order chi connectivity index (χ1) is 31.5. The molecule has 9 rings (SSSR count). The molecular weight excluding hydrogens is 777 g/mol. The smallest absolute Gasteiger partial charge is 0.100 e. The van der Waals surface area contributed by atoms with E-state index in [1.54, 1.807) is 0 Å². The Labute approximate surface area is 376 Å². The minimum Gasteiger partial charge on any atom is -0.311 e. The van der Waals surface area contributed by atoms with Crippen molar-refractivity contribution in [3.63, 3.8) is 0 Å². The Morgan fingerprint density at radius 1 is 0.344 bits per heavy atom. The van der Waals surface area contributed by atoms with Crippen molar-refractivity contribution < 1.29 is 0 Å². The Bertz CT molecular complexity index is 2990. The third kappa shape index (κ3) is 8.55. The second kappa shape index (κ2) is 18.7. The van der Waals surface area contributed by atoms with Crippen molar-refractivity contribution >= 4 is 80.0 Å². The summed E-state index contributed by atoms with van der Waals surface area (Å²) < 4.78 is 0. The molecule has 9 aromatic rings. The standard InChI is InChI=1S/C60H46N4/c1-3-43-19-29-51(30-20-43)63(49-11-7-5-8-12-49)53-33-23-45(24-34-53)15-17-47-27-37-55-57(39-47)59(41-61)56-38-28-48(40-58(56)60(55)42-62)18-16-46-25-35-54(36-26-46)64(50-13-9-6-10-14-50)52-31-21-44(4-2)22-32-52/h5-40H,3-4H2,1-2H3. The Kier molecular flexibility index (Phi) is 11.9. The number of hydrogen-bond donors (Lipinski definition) is 0. The lowest BCUT2D eigenvalue weighted by atomic mass is 9.90. The molecule has 0 saturated heterocycles. The topological polar surface area (TPSA) is 54.1 Å². The zero-order chi connectivity index (χ0) is 43.8. The summed E-state index contributed by atoms with van der Waals surface area (Å²) in [4.78, 5) is 4.53. The summed E-state index contributed by atoms with van der Waals surface area (Å²) in [6.07, 6.45) is 10.3. The van der Waals surface area contributed by atoms with Crippen LogP contribution in [0.1, 0.15) is 58.4 Å². The molecule has 0 heterocycles. The van der Waals surface area contributed by atoms with Gasteiger partial charge in [-0.3, -0.25) is 0 Å². The highest BCUT2D eigenvalue weighted by Gasteiger charge is 2.16. The number of anilines is 6. The van der Waals surface area contributed by atoms with E-state index in [2.05, 4.69) is 206 Å². The normalized spacial score (nSPS) is 11.2. The van der Waals surface area contributed by atoms with Crippen LogP contribution in [0.3, 0.4) is 0 Å². The number of para-hydroxylation sites is 2. The van der Waals surface area contributed by atoms with E-state index in [9.17, 15) is 10.5 Å². The molecule has 0 aliphatic heterocycles. The second-order valence-corrected chi connectivity index (χ2v) is 15.8. The van der Waals surface area contributed by atoms with Gasteiger partial charge in [0, 0.05) is 55.7 Å². The van der Waals surface area contributed by atoms with Gasteiger partial charge < -0.3 is 9.80 Å². The Morgan fingerprint density at radius 3 is 0.969 bits per heavy atom. The van der Waals surface area contributed by atoms with Crippen molar-refractivity contribution in [1.82, 2.24) is 0 Å². The molecule has 0 N–H and O–H groups in total. The Morgan fingerprint density at radius 2 is 0.641 bits per heavy atom. The van der Waals surface area contributed by atoms with Crippen LogP contribution >= 0.6 is 0 Å². The molecule has 306 valence electrons. The molecule has 0 radical (unpaired) electrons. The van der Waals surface area contributed by atoms with E-state index in [1.807, 2.05) is 48.5 Å². The zero-order valence-electron chi connectivity index (χ0n) is 36.0. The van der Waals surface area contributed by atoms with Gasteiger partial charge in [-0.05, 0) is 131 Å². The lowest BCUT2D eigenvalue weighted by Crippen LogP contribution is -2.09. The lowest BCUT2D eigenvalue weighted by molar-refractivity contribution is 1.14. The zero-order valence-corrected chi connectivity index (χ0v) is 36.0. The molecule has 0 unspecified atom stereocenters. The van der Waals surface area contributed by atoms with Crippen molar-refractivity contribution in [2.24, 2.45) is 0 Å². The van der Waals surface area contributed by atoms with Crippen LogP contribution in [0.4, 0.5) is 34.1 Å². The van der Waals surface area contributed by atoms with Gasteiger partial charge >= 0.3 is 0 Å². The van der Waals surface area contributed by atoms with E-state index in [0.717, 1.165) is 90.8 Å². The molecule has 4 nitrogen and oxygen atoms in total. The molecule has 0 fully saturated rings. The van der Waals surface area contributed by atoms with Crippen molar-refractivity contribution in [3.05, 3.63) is 239 Å². The predicted molar refractivity (Wildman–Crippen MR) is 270 cm³/mol. The van der Waals surface area contributed by atoms with Gasteiger partial charge in [-0.25, -0.2) is 0 Å². The lowest BCUT2D eigenvalue weighted by Gasteiger charge is -2.25. The summed E-state index contributed by atoms with van der Waals surface area (Å²) in [5, 5.41) is 24.1. The predicted octanol–water partition coefficient (Wildman–Crippen LogP) is 16.1. The van der Waals surface area contributed by atoms with Crippen LogP contribution in [0.25, 0.3) is 45.8 Å². The Balaban J connectivity index is 0.966. The van der Waals surface area contributed by atoms with E-state index in [-0.39, 0.29) is 0 Å². The number of fused-ring (bicyclic) bond motifs is 2. The molecule has 0 aliphatic rings. The van der Waals surface area contributed by atoms with Crippen molar-refractivity contribution in [1.29, 1.82) is 10.5 Å². The van der Waals surface area contributed by atoms with Crippen LogP contribution in [-0.4, -0.2) is 0 Å². The number of nitriles is 2. The van der Waals surface area contributed by atoms with Crippen LogP contribution in [0.15, 0.2) is 194 Å². The summed E-state index contributed by atoms with van der Waals surface area (Å²) in [7, 11) is 0. The fourth-order valence-corrected chi connectivity index (χ4v) is 8.38. The number of rotatable bonds is 12. The van der Waals surface area contributed by atoms with Crippen LogP contribution in [0.2, 0.25) is 0 Å². The molecule has 0 aliphatic carbocycles. The molecular formula is C60H46N4.